The van der Waals surface area contributed by atoms with Crippen LogP contribution in [0.25, 0.3) is 21.8 Å². The number of piperidine rings is 3. The Labute approximate surface area is 388 Å². The molecule has 3 aliphatic heterocycles. The standard InChI is InChI=1S/C30H40N4O3.C23H27N3O3/c1-36-28-6-5-7-29(37-21-20-32-14-3-2-4-15-32)26(28)13-18-33-16-11-25(12-17-33)34-19-10-23-8-9-24(30(31)35)22-27(23)34;1-29-22-4-2-3-21(27)19(22)10-13-25-11-8-18(9-12-25)26-14-7-16-5-6-17(23(24)28)15-20(16)26/h5-10,19,22,25H,2-4,11-18,20-21H2,1H3,(H2,31,35);2-7,14-15,18,27H,8-13H2,1H3,(H2,24,28). The molecule has 0 saturated carbocycles. The zero-order valence-corrected chi connectivity index (χ0v) is 38.7. The predicted molar refractivity (Wildman–Crippen MR) is 261 cm³/mol. The lowest BCUT2D eigenvalue weighted by molar-refractivity contribution is 0.0992. The lowest BCUT2D eigenvalue weighted by Crippen LogP contribution is -2.36. The van der Waals surface area contributed by atoms with Gasteiger partial charge < -0.3 is 49.7 Å². The molecule has 2 aromatic heterocycles. The molecule has 5 heterocycles. The number of phenols is 1. The molecule has 9 rings (SSSR count). The summed E-state index contributed by atoms with van der Waals surface area (Å²) in [5.41, 5.74) is 16.3. The summed E-state index contributed by atoms with van der Waals surface area (Å²) in [6.07, 6.45) is 14.1. The highest BCUT2D eigenvalue weighted by molar-refractivity contribution is 5.97. The van der Waals surface area contributed by atoms with Gasteiger partial charge in [-0.2, -0.15) is 0 Å². The van der Waals surface area contributed by atoms with Gasteiger partial charge in [0.25, 0.3) is 0 Å². The molecular formula is C53H67N7O6. The average molecular weight is 898 g/mol. The molecule has 3 saturated heterocycles. The second-order valence-electron chi connectivity index (χ2n) is 18.0. The Kier molecular flexibility index (Phi) is 15.5. The van der Waals surface area contributed by atoms with Crippen LogP contribution in [0.2, 0.25) is 0 Å². The molecule has 6 aromatic rings. The number of hydrogen-bond donors (Lipinski definition) is 3. The number of nitrogens with two attached hydrogens (primary N) is 2. The van der Waals surface area contributed by atoms with E-state index in [0.717, 1.165) is 129 Å². The Balaban J connectivity index is 0.000000185. The number of aromatic nitrogens is 2. The fourth-order valence-electron chi connectivity index (χ4n) is 10.2. The number of ether oxygens (including phenoxy) is 3. The molecule has 0 spiro atoms. The first-order valence-corrected chi connectivity index (χ1v) is 23.8. The van der Waals surface area contributed by atoms with Crippen LogP contribution in [0.1, 0.15) is 88.9 Å². The molecule has 13 heteroatoms. The third-order valence-electron chi connectivity index (χ3n) is 14.0. The Morgan fingerprint density at radius 1 is 0.576 bits per heavy atom. The van der Waals surface area contributed by atoms with Gasteiger partial charge in [0, 0.05) is 104 Å². The van der Waals surface area contributed by atoms with Crippen molar-refractivity contribution in [3.63, 3.8) is 0 Å². The van der Waals surface area contributed by atoms with E-state index in [1.54, 1.807) is 38.5 Å². The summed E-state index contributed by atoms with van der Waals surface area (Å²) in [7, 11) is 3.38. The van der Waals surface area contributed by atoms with E-state index in [9.17, 15) is 14.7 Å². The van der Waals surface area contributed by atoms with Gasteiger partial charge >= 0.3 is 0 Å². The Bertz CT molecular complexity index is 2560. The number of benzene rings is 4. The molecule has 2 amide bonds. The summed E-state index contributed by atoms with van der Waals surface area (Å²) >= 11 is 0. The minimum Gasteiger partial charge on any atom is -0.508 e. The number of fused-ring (bicyclic) bond motifs is 2. The van der Waals surface area contributed by atoms with Gasteiger partial charge in [-0.05, 0) is 136 Å². The third-order valence-corrected chi connectivity index (χ3v) is 14.0. The normalized spacial score (nSPS) is 16.8. The highest BCUT2D eigenvalue weighted by Crippen LogP contribution is 2.33. The first-order valence-electron chi connectivity index (χ1n) is 23.8. The number of methoxy groups -OCH3 is 2. The maximum Gasteiger partial charge on any atom is 0.248 e. The summed E-state index contributed by atoms with van der Waals surface area (Å²) in [5.74, 6) is 2.13. The van der Waals surface area contributed by atoms with E-state index in [0.29, 0.717) is 35.6 Å². The van der Waals surface area contributed by atoms with Crippen molar-refractivity contribution in [2.24, 2.45) is 11.5 Å². The number of carbonyl (C=O) groups is 2. The third kappa shape index (κ3) is 11.1. The summed E-state index contributed by atoms with van der Waals surface area (Å²) < 4.78 is 22.0. The number of phenolic OH excluding ortho intramolecular Hbond substituents is 1. The van der Waals surface area contributed by atoms with Crippen LogP contribution in [0, 0.1) is 0 Å². The van der Waals surface area contributed by atoms with Crippen molar-refractivity contribution in [3.8, 4) is 23.0 Å². The highest BCUT2D eigenvalue weighted by atomic mass is 16.5. The van der Waals surface area contributed by atoms with Crippen LogP contribution in [0.15, 0.2) is 97.3 Å². The van der Waals surface area contributed by atoms with E-state index in [4.69, 9.17) is 25.7 Å². The van der Waals surface area contributed by atoms with E-state index >= 15 is 0 Å². The zero-order valence-electron chi connectivity index (χ0n) is 38.7. The summed E-state index contributed by atoms with van der Waals surface area (Å²) in [6, 6.07) is 28.0. The summed E-state index contributed by atoms with van der Waals surface area (Å²) in [6.45, 7) is 10.0. The first-order chi connectivity index (χ1) is 32.2. The van der Waals surface area contributed by atoms with E-state index in [2.05, 4.69) is 54.4 Å². The molecule has 3 aliphatic rings. The Morgan fingerprint density at radius 2 is 1.05 bits per heavy atom. The molecule has 350 valence electrons. The minimum atomic E-state index is -0.394. The van der Waals surface area contributed by atoms with Gasteiger partial charge in [0.15, 0.2) is 0 Å². The van der Waals surface area contributed by atoms with E-state index in [1.165, 1.54) is 37.9 Å². The molecule has 0 atom stereocenters. The summed E-state index contributed by atoms with van der Waals surface area (Å²) in [5, 5.41) is 12.4. The molecule has 0 radical (unpaired) electrons. The maximum absolute atomic E-state index is 11.7. The van der Waals surface area contributed by atoms with Crippen LogP contribution in [0.5, 0.6) is 23.0 Å². The molecule has 0 aliphatic carbocycles. The number of primary amides is 2. The van der Waals surface area contributed by atoms with Gasteiger partial charge in [-0.25, -0.2) is 0 Å². The van der Waals surface area contributed by atoms with Crippen LogP contribution < -0.4 is 25.7 Å². The topological polar surface area (TPSA) is 154 Å². The first kappa shape index (κ1) is 46.5. The van der Waals surface area contributed by atoms with Crippen molar-refractivity contribution in [1.82, 2.24) is 23.8 Å². The van der Waals surface area contributed by atoms with Crippen molar-refractivity contribution in [2.45, 2.75) is 69.9 Å². The molecule has 66 heavy (non-hydrogen) atoms. The smallest absolute Gasteiger partial charge is 0.248 e. The SMILES string of the molecule is COc1cccc(O)c1CCN1CCC(n2ccc3ccc(C(N)=O)cc32)CC1.COc1cccc(OCCN2CCCCC2)c1CCN1CCC(n2ccc3ccc(C(N)=O)cc32)CC1. The van der Waals surface area contributed by atoms with Gasteiger partial charge in [0.1, 0.15) is 29.6 Å². The lowest BCUT2D eigenvalue weighted by atomic mass is 10.0. The molecule has 4 aromatic carbocycles. The van der Waals surface area contributed by atoms with E-state index in [-0.39, 0.29) is 5.91 Å². The fourth-order valence-corrected chi connectivity index (χ4v) is 10.2. The van der Waals surface area contributed by atoms with Crippen LogP contribution in [-0.2, 0) is 12.8 Å². The number of amides is 2. The Morgan fingerprint density at radius 3 is 1.56 bits per heavy atom. The van der Waals surface area contributed by atoms with Gasteiger partial charge in [0.2, 0.25) is 11.8 Å². The number of nitrogens with zero attached hydrogens (tertiary/aromatic N) is 5. The van der Waals surface area contributed by atoms with Crippen LogP contribution >= 0.6 is 0 Å². The second kappa shape index (κ2) is 22.0. The Hall–Kier alpha value is -6.02. The molecule has 0 unspecified atom stereocenters. The monoisotopic (exact) mass is 898 g/mol. The number of aromatic hydroxyl groups is 1. The zero-order chi connectivity index (χ0) is 46.0. The van der Waals surface area contributed by atoms with Gasteiger partial charge in [0.05, 0.1) is 14.2 Å². The quantitative estimate of drug-likeness (QED) is 0.0883. The van der Waals surface area contributed by atoms with E-state index in [1.807, 2.05) is 42.5 Å². The van der Waals surface area contributed by atoms with E-state index < -0.39 is 5.91 Å². The van der Waals surface area contributed by atoms with Crippen LogP contribution in [0.4, 0.5) is 0 Å². The van der Waals surface area contributed by atoms with Crippen molar-refractivity contribution >= 4 is 33.6 Å². The molecule has 3 fully saturated rings. The molecule has 5 N–H and O–H groups in total. The summed E-state index contributed by atoms with van der Waals surface area (Å²) in [4.78, 5) is 30.7. The van der Waals surface area contributed by atoms with Crippen molar-refractivity contribution in [2.75, 3.05) is 79.7 Å². The molecule has 0 bridgehead atoms. The lowest BCUT2D eigenvalue weighted by Gasteiger charge is -2.33. The van der Waals surface area contributed by atoms with Crippen molar-refractivity contribution in [1.29, 1.82) is 0 Å². The minimum absolute atomic E-state index is 0.295. The molecule has 13 nitrogen and oxygen atoms in total. The largest absolute Gasteiger partial charge is 0.508 e. The van der Waals surface area contributed by atoms with Crippen molar-refractivity contribution in [3.05, 3.63) is 120 Å². The fraction of sp³-hybridized carbons (Fsp3) is 0.434. The number of rotatable bonds is 16. The van der Waals surface area contributed by atoms with Crippen LogP contribution in [0.3, 0.4) is 0 Å². The maximum atomic E-state index is 11.7. The number of hydrogen-bond acceptors (Lipinski definition) is 9. The highest BCUT2D eigenvalue weighted by Gasteiger charge is 2.24. The van der Waals surface area contributed by atoms with Gasteiger partial charge in [-0.3, -0.25) is 14.5 Å². The number of likely N-dealkylation sites (tertiary alicyclic amines) is 3. The number of carbonyl (C=O) groups excluding carboxylic acids is 2. The second-order valence-corrected chi connectivity index (χ2v) is 18.0. The van der Waals surface area contributed by atoms with Gasteiger partial charge in [-0.15, -0.1) is 0 Å². The molecular weight excluding hydrogens is 831 g/mol. The van der Waals surface area contributed by atoms with Crippen molar-refractivity contribution < 1.29 is 28.9 Å². The average Bonchev–Trinajstić information content (AvgIpc) is 3.98. The van der Waals surface area contributed by atoms with Gasteiger partial charge in [-0.1, -0.05) is 30.7 Å². The van der Waals surface area contributed by atoms with Crippen LogP contribution in [-0.4, -0.2) is 120 Å². The predicted octanol–water partition coefficient (Wildman–Crippen LogP) is 7.83.